The molecule has 3 aromatic carbocycles. The van der Waals surface area contributed by atoms with Gasteiger partial charge in [0.1, 0.15) is 17.9 Å². The summed E-state index contributed by atoms with van der Waals surface area (Å²) in [6.07, 6.45) is 1.37. The molecule has 0 aliphatic carbocycles. The van der Waals surface area contributed by atoms with Gasteiger partial charge in [-0.05, 0) is 55.0 Å². The largest absolute Gasteiger partial charge is 0.487 e. The first-order valence-electron chi connectivity index (χ1n) is 10.1. The number of imide groups is 2. The lowest BCUT2D eigenvalue weighted by molar-refractivity contribution is -0.122. The lowest BCUT2D eigenvalue weighted by Crippen LogP contribution is -2.54. The molecule has 0 radical (unpaired) electrons. The molecule has 1 heterocycles. The van der Waals surface area contributed by atoms with Gasteiger partial charge in [0.25, 0.3) is 11.8 Å². The van der Waals surface area contributed by atoms with Crippen molar-refractivity contribution >= 4 is 64.4 Å². The molecule has 0 unspecified atom stereocenters. The van der Waals surface area contributed by atoms with Crippen molar-refractivity contribution in [2.45, 2.75) is 13.5 Å². The number of hydrogen-bond acceptors (Lipinski definition) is 4. The van der Waals surface area contributed by atoms with Crippen molar-refractivity contribution in [2.75, 3.05) is 4.90 Å². The maximum atomic E-state index is 13.0. The van der Waals surface area contributed by atoms with E-state index < -0.39 is 17.8 Å². The standard InChI is InChI=1S/C25H17Cl3N2O4/c1-14-2-7-18(8-3-14)30-24(32)19(23(31)29-25(30)33)10-15-4-9-22(21(28)11-15)34-13-16-5-6-17(26)12-20(16)27/h2-12H,13H2,1H3,(H,29,31,33)/b19-10+. The first kappa shape index (κ1) is 23.8. The second-order valence-electron chi connectivity index (χ2n) is 7.51. The van der Waals surface area contributed by atoms with Gasteiger partial charge in [-0.25, -0.2) is 9.69 Å². The highest BCUT2D eigenvalue weighted by Gasteiger charge is 2.36. The second kappa shape index (κ2) is 9.89. The lowest BCUT2D eigenvalue weighted by Gasteiger charge is -2.26. The Morgan fingerprint density at radius 2 is 1.65 bits per heavy atom. The topological polar surface area (TPSA) is 75.7 Å². The van der Waals surface area contributed by atoms with E-state index >= 15 is 0 Å². The molecule has 1 fully saturated rings. The molecule has 1 N–H and O–H groups in total. The number of carbonyl (C=O) groups is 3. The number of ether oxygens (including phenoxy) is 1. The number of benzene rings is 3. The Morgan fingerprint density at radius 1 is 0.912 bits per heavy atom. The van der Waals surface area contributed by atoms with Crippen LogP contribution in [0.2, 0.25) is 15.1 Å². The van der Waals surface area contributed by atoms with E-state index in [2.05, 4.69) is 5.32 Å². The highest BCUT2D eigenvalue weighted by Crippen LogP contribution is 2.30. The van der Waals surface area contributed by atoms with Crippen LogP contribution in [0.15, 0.2) is 66.2 Å². The van der Waals surface area contributed by atoms with Gasteiger partial charge in [-0.15, -0.1) is 0 Å². The van der Waals surface area contributed by atoms with Crippen molar-refractivity contribution in [1.82, 2.24) is 5.32 Å². The average Bonchev–Trinajstić information content (AvgIpc) is 2.78. The zero-order chi connectivity index (χ0) is 24.4. The molecule has 4 rings (SSSR count). The van der Waals surface area contributed by atoms with Crippen LogP contribution in [0.3, 0.4) is 0 Å². The van der Waals surface area contributed by atoms with Gasteiger partial charge in [0, 0.05) is 15.6 Å². The highest BCUT2D eigenvalue weighted by molar-refractivity contribution is 6.39. The van der Waals surface area contributed by atoms with Crippen molar-refractivity contribution in [1.29, 1.82) is 0 Å². The molecule has 3 aromatic rings. The first-order valence-corrected chi connectivity index (χ1v) is 11.2. The number of urea groups is 1. The fourth-order valence-electron chi connectivity index (χ4n) is 3.27. The van der Waals surface area contributed by atoms with Crippen molar-refractivity contribution < 1.29 is 19.1 Å². The third-order valence-corrected chi connectivity index (χ3v) is 5.94. The number of barbiturate groups is 1. The molecule has 9 heteroatoms. The SMILES string of the molecule is Cc1ccc(N2C(=O)NC(=O)/C(=C\c3ccc(OCc4ccc(Cl)cc4Cl)c(Cl)c3)C2=O)cc1. The summed E-state index contributed by atoms with van der Waals surface area (Å²) in [5, 5.41) is 3.46. The van der Waals surface area contributed by atoms with Crippen LogP contribution < -0.4 is 15.0 Å². The molecule has 0 aromatic heterocycles. The number of nitrogens with one attached hydrogen (secondary N) is 1. The van der Waals surface area contributed by atoms with Gasteiger partial charge in [0.15, 0.2) is 0 Å². The highest BCUT2D eigenvalue weighted by atomic mass is 35.5. The summed E-state index contributed by atoms with van der Waals surface area (Å²) in [5.41, 5.74) is 2.35. The molecular formula is C25H17Cl3N2O4. The van der Waals surface area contributed by atoms with Gasteiger partial charge in [-0.2, -0.15) is 0 Å². The van der Waals surface area contributed by atoms with Gasteiger partial charge in [-0.1, -0.05) is 64.6 Å². The maximum Gasteiger partial charge on any atom is 0.335 e. The van der Waals surface area contributed by atoms with Crippen molar-refractivity contribution in [3.63, 3.8) is 0 Å². The zero-order valence-electron chi connectivity index (χ0n) is 17.8. The predicted molar refractivity (Wildman–Crippen MR) is 132 cm³/mol. The number of nitrogens with zero attached hydrogens (tertiary/aromatic N) is 1. The van der Waals surface area contributed by atoms with Gasteiger partial charge in [-0.3, -0.25) is 14.9 Å². The normalized spacial score (nSPS) is 15.0. The Bertz CT molecular complexity index is 1340. The summed E-state index contributed by atoms with van der Waals surface area (Å²) in [6, 6.07) is 15.9. The number of carbonyl (C=O) groups excluding carboxylic acids is 3. The van der Waals surface area contributed by atoms with E-state index in [-0.39, 0.29) is 17.2 Å². The molecule has 0 bridgehead atoms. The Morgan fingerprint density at radius 3 is 2.32 bits per heavy atom. The summed E-state index contributed by atoms with van der Waals surface area (Å²) in [7, 11) is 0. The summed E-state index contributed by atoms with van der Waals surface area (Å²) in [6.45, 7) is 2.06. The number of anilines is 1. The minimum absolute atomic E-state index is 0.171. The van der Waals surface area contributed by atoms with Crippen molar-refractivity contribution in [3.05, 3.63) is 98.0 Å². The van der Waals surface area contributed by atoms with Crippen LogP contribution in [0.5, 0.6) is 5.75 Å². The Balaban J connectivity index is 1.55. The van der Waals surface area contributed by atoms with E-state index in [1.54, 1.807) is 60.7 Å². The van der Waals surface area contributed by atoms with Crippen LogP contribution in [0.4, 0.5) is 10.5 Å². The van der Waals surface area contributed by atoms with Crippen LogP contribution in [-0.4, -0.2) is 17.8 Å². The molecule has 34 heavy (non-hydrogen) atoms. The molecule has 1 aliphatic heterocycles. The molecule has 4 amide bonds. The average molecular weight is 516 g/mol. The summed E-state index contributed by atoms with van der Waals surface area (Å²) >= 11 is 18.4. The smallest absolute Gasteiger partial charge is 0.335 e. The maximum absolute atomic E-state index is 13.0. The van der Waals surface area contributed by atoms with Crippen LogP contribution in [0, 0.1) is 6.92 Å². The second-order valence-corrected chi connectivity index (χ2v) is 8.76. The minimum Gasteiger partial charge on any atom is -0.487 e. The monoisotopic (exact) mass is 514 g/mol. The predicted octanol–water partition coefficient (Wildman–Crippen LogP) is 6.20. The minimum atomic E-state index is -0.807. The molecular weight excluding hydrogens is 499 g/mol. The Kier molecular flexibility index (Phi) is 6.93. The van der Waals surface area contributed by atoms with Crippen LogP contribution in [0.25, 0.3) is 6.08 Å². The van der Waals surface area contributed by atoms with E-state index in [1.807, 2.05) is 6.92 Å². The molecule has 1 saturated heterocycles. The number of rotatable bonds is 5. The quantitative estimate of drug-likeness (QED) is 0.324. The molecule has 0 spiro atoms. The third-order valence-electron chi connectivity index (χ3n) is 5.06. The van der Waals surface area contributed by atoms with Gasteiger partial charge in [0.05, 0.1) is 10.7 Å². The summed E-state index contributed by atoms with van der Waals surface area (Å²) < 4.78 is 5.75. The summed E-state index contributed by atoms with van der Waals surface area (Å²) in [4.78, 5) is 38.6. The van der Waals surface area contributed by atoms with E-state index in [0.29, 0.717) is 27.0 Å². The zero-order valence-corrected chi connectivity index (χ0v) is 20.0. The Hall–Kier alpha value is -3.32. The van der Waals surface area contributed by atoms with Crippen LogP contribution >= 0.6 is 34.8 Å². The van der Waals surface area contributed by atoms with Gasteiger partial charge in [0.2, 0.25) is 0 Å². The number of amides is 4. The van der Waals surface area contributed by atoms with Gasteiger partial charge < -0.3 is 4.74 Å². The van der Waals surface area contributed by atoms with E-state index in [4.69, 9.17) is 39.5 Å². The molecule has 0 atom stereocenters. The van der Waals surface area contributed by atoms with E-state index in [9.17, 15) is 14.4 Å². The fourth-order valence-corrected chi connectivity index (χ4v) is 3.98. The number of aryl methyl sites for hydroxylation is 1. The third kappa shape index (κ3) is 5.09. The first-order chi connectivity index (χ1) is 16.2. The summed E-state index contributed by atoms with van der Waals surface area (Å²) in [5.74, 6) is -1.12. The molecule has 1 aliphatic rings. The van der Waals surface area contributed by atoms with Crippen LogP contribution in [-0.2, 0) is 16.2 Å². The fraction of sp³-hybridized carbons (Fsp3) is 0.0800. The van der Waals surface area contributed by atoms with Gasteiger partial charge >= 0.3 is 6.03 Å². The molecule has 6 nitrogen and oxygen atoms in total. The number of hydrogen-bond donors (Lipinski definition) is 1. The molecule has 0 saturated carbocycles. The van der Waals surface area contributed by atoms with Crippen LogP contribution in [0.1, 0.15) is 16.7 Å². The number of halogens is 3. The Labute approximate surface area is 210 Å². The van der Waals surface area contributed by atoms with E-state index in [0.717, 1.165) is 16.0 Å². The van der Waals surface area contributed by atoms with E-state index in [1.165, 1.54) is 6.08 Å². The van der Waals surface area contributed by atoms with Crippen molar-refractivity contribution in [3.8, 4) is 5.75 Å². The molecule has 172 valence electrons. The van der Waals surface area contributed by atoms with Crippen molar-refractivity contribution in [2.24, 2.45) is 0 Å². The lowest BCUT2D eigenvalue weighted by atomic mass is 10.1.